The molecule has 0 aliphatic carbocycles. The van der Waals surface area contributed by atoms with Gasteiger partial charge in [0.1, 0.15) is 5.65 Å². The number of fused-ring (bicyclic) bond motifs is 1. The molecule has 0 saturated carbocycles. The van der Waals surface area contributed by atoms with Crippen molar-refractivity contribution in [1.29, 1.82) is 0 Å². The van der Waals surface area contributed by atoms with Gasteiger partial charge in [-0.15, -0.1) is 0 Å². The summed E-state index contributed by atoms with van der Waals surface area (Å²) < 4.78 is 0. The number of pyridine rings is 1. The van der Waals surface area contributed by atoms with E-state index in [1.807, 2.05) is 29.0 Å². The van der Waals surface area contributed by atoms with Crippen LogP contribution in [-0.2, 0) is 16.1 Å². The van der Waals surface area contributed by atoms with Crippen LogP contribution in [0, 0.1) is 0 Å². The third-order valence-corrected chi connectivity index (χ3v) is 6.40. The zero-order valence-electron chi connectivity index (χ0n) is 17.5. The number of likely N-dealkylation sites (tertiary alicyclic amines) is 1. The molecule has 0 radical (unpaired) electrons. The fourth-order valence-corrected chi connectivity index (χ4v) is 4.72. The van der Waals surface area contributed by atoms with Crippen LogP contribution < -0.4 is 0 Å². The van der Waals surface area contributed by atoms with Crippen LogP contribution in [0.4, 0.5) is 0 Å². The molecular formula is C22H31N5O2. The average Bonchev–Trinajstić information content (AvgIpc) is 3.12. The Hall–Kier alpha value is -2.41. The molecule has 0 bridgehead atoms. The van der Waals surface area contributed by atoms with Gasteiger partial charge in [0.25, 0.3) is 0 Å². The fourth-order valence-electron chi connectivity index (χ4n) is 4.72. The zero-order chi connectivity index (χ0) is 20.4. The van der Waals surface area contributed by atoms with Gasteiger partial charge in [0.15, 0.2) is 0 Å². The maximum absolute atomic E-state index is 12.3. The quantitative estimate of drug-likeness (QED) is 0.860. The van der Waals surface area contributed by atoms with Crippen molar-refractivity contribution in [2.24, 2.45) is 0 Å². The van der Waals surface area contributed by atoms with Gasteiger partial charge in [-0.2, -0.15) is 0 Å². The number of carbonyl (C=O) groups is 2. The van der Waals surface area contributed by atoms with E-state index in [-0.39, 0.29) is 11.8 Å². The number of piperidine rings is 1. The number of carbonyl (C=O) groups excluding carboxylic acids is 2. The predicted octanol–water partition coefficient (Wildman–Crippen LogP) is 2.34. The molecule has 2 aliphatic rings. The largest absolute Gasteiger partial charge is 0.343 e. The van der Waals surface area contributed by atoms with Gasteiger partial charge in [-0.25, -0.2) is 4.98 Å². The molecule has 2 saturated heterocycles. The summed E-state index contributed by atoms with van der Waals surface area (Å²) in [6.45, 7) is 9.42. The van der Waals surface area contributed by atoms with Crippen molar-refractivity contribution in [3.63, 3.8) is 0 Å². The lowest BCUT2D eigenvalue weighted by atomic mass is 9.91. The van der Waals surface area contributed by atoms with Crippen molar-refractivity contribution in [2.75, 3.05) is 39.3 Å². The minimum absolute atomic E-state index is 0.157. The van der Waals surface area contributed by atoms with Crippen molar-refractivity contribution in [2.45, 2.75) is 45.6 Å². The van der Waals surface area contributed by atoms with Crippen molar-refractivity contribution < 1.29 is 9.59 Å². The third-order valence-electron chi connectivity index (χ3n) is 6.40. The van der Waals surface area contributed by atoms with Gasteiger partial charge in [-0.05, 0) is 30.5 Å². The number of piperazine rings is 1. The molecule has 1 atom stereocenters. The molecule has 0 spiro atoms. The first-order valence-electron chi connectivity index (χ1n) is 10.8. The molecule has 0 aromatic carbocycles. The normalized spacial score (nSPS) is 21.0. The van der Waals surface area contributed by atoms with E-state index in [1.165, 1.54) is 16.6 Å². The molecule has 2 amide bonds. The number of hydrogen-bond donors (Lipinski definition) is 1. The van der Waals surface area contributed by atoms with Gasteiger partial charge in [-0.1, -0.05) is 6.92 Å². The Bertz CT molecular complexity index is 884. The number of nitrogens with zero attached hydrogens (tertiary/aromatic N) is 4. The van der Waals surface area contributed by atoms with E-state index >= 15 is 0 Å². The highest BCUT2D eigenvalue weighted by atomic mass is 16.2. The molecule has 1 N–H and O–H groups in total. The van der Waals surface area contributed by atoms with E-state index < -0.39 is 0 Å². The number of H-pyrrole nitrogens is 1. The maximum atomic E-state index is 12.3. The molecule has 2 fully saturated rings. The first kappa shape index (κ1) is 19.9. The van der Waals surface area contributed by atoms with Crippen LogP contribution in [0.15, 0.2) is 18.3 Å². The molecule has 2 aromatic rings. The van der Waals surface area contributed by atoms with E-state index in [2.05, 4.69) is 20.9 Å². The third kappa shape index (κ3) is 4.15. The summed E-state index contributed by atoms with van der Waals surface area (Å²) in [7, 11) is 0. The van der Waals surface area contributed by atoms with E-state index in [4.69, 9.17) is 0 Å². The topological polar surface area (TPSA) is 72.5 Å². The summed E-state index contributed by atoms with van der Waals surface area (Å²) in [5, 5.41) is 1.18. The molecule has 2 aromatic heterocycles. The minimum Gasteiger partial charge on any atom is -0.343 e. The van der Waals surface area contributed by atoms with Crippen LogP contribution in [0.3, 0.4) is 0 Å². The SMILES string of the molecule is CCC(=O)N1CCC[C@@H](c2[nH]c3ncccc3c2CN2CCN(C(C)=O)CC2)C1. The monoisotopic (exact) mass is 397 g/mol. The van der Waals surface area contributed by atoms with Crippen molar-refractivity contribution in [3.8, 4) is 0 Å². The number of hydrogen-bond acceptors (Lipinski definition) is 4. The van der Waals surface area contributed by atoms with Crippen LogP contribution in [0.1, 0.15) is 50.3 Å². The van der Waals surface area contributed by atoms with Crippen LogP contribution in [0.5, 0.6) is 0 Å². The molecule has 156 valence electrons. The summed E-state index contributed by atoms with van der Waals surface area (Å²) in [5.74, 6) is 0.720. The minimum atomic E-state index is 0.157. The van der Waals surface area contributed by atoms with Crippen molar-refractivity contribution in [3.05, 3.63) is 29.6 Å². The van der Waals surface area contributed by atoms with E-state index in [0.29, 0.717) is 12.3 Å². The van der Waals surface area contributed by atoms with E-state index in [0.717, 1.165) is 64.3 Å². The highest BCUT2D eigenvalue weighted by Gasteiger charge is 2.29. The lowest BCUT2D eigenvalue weighted by molar-refractivity contribution is -0.132. The lowest BCUT2D eigenvalue weighted by Gasteiger charge is -2.35. The van der Waals surface area contributed by atoms with Crippen LogP contribution in [0.2, 0.25) is 0 Å². The molecule has 4 rings (SSSR count). The van der Waals surface area contributed by atoms with Gasteiger partial charge in [0, 0.05) is 82.4 Å². The molecule has 2 aliphatic heterocycles. The molecule has 0 unspecified atom stereocenters. The molecular weight excluding hydrogens is 366 g/mol. The summed E-state index contributed by atoms with van der Waals surface area (Å²) in [5.41, 5.74) is 3.47. The Morgan fingerprint density at radius 3 is 2.69 bits per heavy atom. The number of nitrogens with one attached hydrogen (secondary N) is 1. The van der Waals surface area contributed by atoms with Gasteiger partial charge >= 0.3 is 0 Å². The van der Waals surface area contributed by atoms with Gasteiger partial charge in [0.05, 0.1) is 0 Å². The highest BCUT2D eigenvalue weighted by molar-refractivity contribution is 5.81. The lowest BCUT2D eigenvalue weighted by Crippen LogP contribution is -2.47. The summed E-state index contributed by atoms with van der Waals surface area (Å²) in [6, 6.07) is 4.13. The molecule has 7 nitrogen and oxygen atoms in total. The highest BCUT2D eigenvalue weighted by Crippen LogP contribution is 2.33. The molecule has 4 heterocycles. The summed E-state index contributed by atoms with van der Waals surface area (Å²) in [6.07, 6.45) is 4.52. The van der Waals surface area contributed by atoms with Gasteiger partial charge < -0.3 is 14.8 Å². The second-order valence-corrected chi connectivity index (χ2v) is 8.23. The average molecular weight is 398 g/mol. The number of amides is 2. The van der Waals surface area contributed by atoms with Gasteiger partial charge in [-0.3, -0.25) is 14.5 Å². The smallest absolute Gasteiger partial charge is 0.222 e. The second kappa shape index (κ2) is 8.53. The first-order chi connectivity index (χ1) is 14.1. The Labute approximate surface area is 172 Å². The van der Waals surface area contributed by atoms with Crippen LogP contribution in [0.25, 0.3) is 11.0 Å². The van der Waals surface area contributed by atoms with E-state index in [9.17, 15) is 9.59 Å². The predicted molar refractivity (Wildman–Crippen MR) is 112 cm³/mol. The maximum Gasteiger partial charge on any atom is 0.222 e. The van der Waals surface area contributed by atoms with E-state index in [1.54, 1.807) is 6.92 Å². The van der Waals surface area contributed by atoms with Crippen molar-refractivity contribution >= 4 is 22.8 Å². The number of aromatic amines is 1. The molecule has 29 heavy (non-hydrogen) atoms. The Morgan fingerprint density at radius 2 is 1.97 bits per heavy atom. The fraction of sp³-hybridized carbons (Fsp3) is 0.591. The Kier molecular flexibility index (Phi) is 5.85. The number of aromatic nitrogens is 2. The summed E-state index contributed by atoms with van der Waals surface area (Å²) in [4.78, 5) is 38.4. The van der Waals surface area contributed by atoms with Gasteiger partial charge in [0.2, 0.25) is 11.8 Å². The molecule has 7 heteroatoms. The Morgan fingerprint density at radius 1 is 1.17 bits per heavy atom. The second-order valence-electron chi connectivity index (χ2n) is 8.23. The Balaban J connectivity index is 1.58. The van der Waals surface area contributed by atoms with Crippen molar-refractivity contribution in [1.82, 2.24) is 24.7 Å². The zero-order valence-corrected chi connectivity index (χ0v) is 17.5. The summed E-state index contributed by atoms with van der Waals surface area (Å²) >= 11 is 0. The van der Waals surface area contributed by atoms with Crippen LogP contribution in [-0.4, -0.2) is 75.8 Å². The number of rotatable bonds is 4. The van der Waals surface area contributed by atoms with Crippen LogP contribution >= 0.6 is 0 Å². The first-order valence-corrected chi connectivity index (χ1v) is 10.8. The standard InChI is InChI=1S/C22H31N5O2/c1-3-20(29)27-9-5-6-17(14-27)21-19(18-7-4-8-23-22(18)24-21)15-25-10-12-26(13-11-25)16(2)28/h4,7-8,17H,3,5-6,9-15H2,1-2H3,(H,23,24)/t17-/m1/s1.